The molecule has 0 radical (unpaired) electrons. The standard InChI is InChI=1S/C26H30N2O7/c1-16-14-18(33-2)5-6-19(16)24(30)22-23(17-4-7-20(29)21(15-17)34-3)28(26(32)25(22)31)9-8-27-10-12-35-13-11-27/h4-7,14-15,23,29-30H,8-13H2,1-3H3/t23-/m1/s1. The molecule has 186 valence electrons. The summed E-state index contributed by atoms with van der Waals surface area (Å²) in [6.07, 6.45) is 0. The van der Waals surface area contributed by atoms with Crippen LogP contribution in [0, 0.1) is 6.92 Å². The molecule has 0 saturated carbocycles. The lowest BCUT2D eigenvalue weighted by molar-refractivity contribution is -0.140. The zero-order valence-corrected chi connectivity index (χ0v) is 20.1. The van der Waals surface area contributed by atoms with Crippen molar-refractivity contribution >= 4 is 17.4 Å². The maximum atomic E-state index is 13.3. The van der Waals surface area contributed by atoms with Gasteiger partial charge in [0.2, 0.25) is 0 Å². The van der Waals surface area contributed by atoms with E-state index in [2.05, 4.69) is 4.90 Å². The molecule has 0 spiro atoms. The minimum atomic E-state index is -0.841. The summed E-state index contributed by atoms with van der Waals surface area (Å²) in [7, 11) is 2.97. The Kier molecular flexibility index (Phi) is 7.28. The lowest BCUT2D eigenvalue weighted by atomic mass is 9.93. The fourth-order valence-corrected chi connectivity index (χ4v) is 4.57. The number of rotatable bonds is 7. The molecule has 1 atom stereocenters. The molecule has 2 aliphatic heterocycles. The first-order chi connectivity index (χ1) is 16.8. The monoisotopic (exact) mass is 482 g/mol. The highest BCUT2D eigenvalue weighted by molar-refractivity contribution is 6.46. The maximum Gasteiger partial charge on any atom is 0.295 e. The summed E-state index contributed by atoms with van der Waals surface area (Å²) < 4.78 is 15.9. The molecule has 2 saturated heterocycles. The minimum absolute atomic E-state index is 0.00186. The molecule has 0 aromatic heterocycles. The lowest BCUT2D eigenvalue weighted by Gasteiger charge is -2.31. The number of carbonyl (C=O) groups excluding carboxylic acids is 2. The van der Waals surface area contributed by atoms with Crippen LogP contribution in [0.4, 0.5) is 0 Å². The number of aryl methyl sites for hydroxylation is 1. The number of carbonyl (C=O) groups is 2. The largest absolute Gasteiger partial charge is 0.507 e. The second-order valence-electron chi connectivity index (χ2n) is 8.56. The lowest BCUT2D eigenvalue weighted by Crippen LogP contribution is -2.42. The molecule has 9 nitrogen and oxygen atoms in total. The smallest absolute Gasteiger partial charge is 0.295 e. The molecule has 35 heavy (non-hydrogen) atoms. The van der Waals surface area contributed by atoms with Crippen molar-refractivity contribution < 1.29 is 34.0 Å². The fraction of sp³-hybridized carbons (Fsp3) is 0.385. The number of amides is 1. The minimum Gasteiger partial charge on any atom is -0.507 e. The Morgan fingerprint density at radius 3 is 2.46 bits per heavy atom. The number of aromatic hydroxyl groups is 1. The number of benzene rings is 2. The maximum absolute atomic E-state index is 13.3. The van der Waals surface area contributed by atoms with Crippen LogP contribution >= 0.6 is 0 Å². The average molecular weight is 483 g/mol. The van der Waals surface area contributed by atoms with Gasteiger partial charge in [0.15, 0.2) is 11.5 Å². The summed E-state index contributed by atoms with van der Waals surface area (Å²) in [5, 5.41) is 21.4. The van der Waals surface area contributed by atoms with Crippen molar-refractivity contribution in [1.29, 1.82) is 0 Å². The van der Waals surface area contributed by atoms with E-state index in [1.54, 1.807) is 44.4 Å². The van der Waals surface area contributed by atoms with E-state index >= 15 is 0 Å². The van der Waals surface area contributed by atoms with Crippen LogP contribution in [0.3, 0.4) is 0 Å². The van der Waals surface area contributed by atoms with E-state index in [-0.39, 0.29) is 29.4 Å². The van der Waals surface area contributed by atoms with Gasteiger partial charge in [0.1, 0.15) is 11.5 Å². The number of likely N-dealkylation sites (tertiary alicyclic amines) is 1. The van der Waals surface area contributed by atoms with Crippen LogP contribution in [-0.4, -0.2) is 85.3 Å². The number of phenolic OH excluding ortho intramolecular Hbond substituents is 1. The third-order valence-electron chi connectivity index (χ3n) is 6.51. The summed E-state index contributed by atoms with van der Waals surface area (Å²) in [4.78, 5) is 30.1. The van der Waals surface area contributed by atoms with Crippen molar-refractivity contribution in [3.8, 4) is 17.2 Å². The van der Waals surface area contributed by atoms with Gasteiger partial charge in [-0.15, -0.1) is 0 Å². The van der Waals surface area contributed by atoms with Crippen molar-refractivity contribution in [2.24, 2.45) is 0 Å². The SMILES string of the molecule is COc1ccc(C(O)=C2C(=O)C(=O)N(CCN3CCOCC3)[C@@H]2c2ccc(O)c(OC)c2)c(C)c1. The first kappa shape index (κ1) is 24.6. The Balaban J connectivity index is 1.79. The zero-order chi connectivity index (χ0) is 25.1. The van der Waals surface area contributed by atoms with Gasteiger partial charge in [-0.05, 0) is 48.4 Å². The highest BCUT2D eigenvalue weighted by Crippen LogP contribution is 2.42. The number of aliphatic hydroxyl groups excluding tert-OH is 1. The molecule has 2 aromatic carbocycles. The third kappa shape index (κ3) is 4.82. The predicted molar refractivity (Wildman–Crippen MR) is 129 cm³/mol. The van der Waals surface area contributed by atoms with Gasteiger partial charge in [0.25, 0.3) is 11.7 Å². The van der Waals surface area contributed by atoms with E-state index in [1.807, 2.05) is 0 Å². The topological polar surface area (TPSA) is 109 Å². The number of ether oxygens (including phenoxy) is 3. The van der Waals surface area contributed by atoms with Gasteiger partial charge in [-0.25, -0.2) is 0 Å². The Bertz CT molecular complexity index is 1150. The van der Waals surface area contributed by atoms with Crippen molar-refractivity contribution in [2.75, 3.05) is 53.6 Å². The summed E-state index contributed by atoms with van der Waals surface area (Å²) in [6, 6.07) is 8.93. The molecule has 1 amide bonds. The van der Waals surface area contributed by atoms with Crippen molar-refractivity contribution in [3.05, 3.63) is 58.7 Å². The highest BCUT2D eigenvalue weighted by atomic mass is 16.5. The van der Waals surface area contributed by atoms with Crippen LogP contribution in [0.25, 0.3) is 5.76 Å². The van der Waals surface area contributed by atoms with Gasteiger partial charge < -0.3 is 29.3 Å². The van der Waals surface area contributed by atoms with Crippen LogP contribution < -0.4 is 9.47 Å². The Hall–Kier alpha value is -3.56. The van der Waals surface area contributed by atoms with Gasteiger partial charge in [0, 0.05) is 31.7 Å². The van der Waals surface area contributed by atoms with Crippen LogP contribution in [-0.2, 0) is 14.3 Å². The number of Topliss-reactive ketones (excluding diaryl/α,β-unsaturated/α-hetero) is 1. The van der Waals surface area contributed by atoms with E-state index in [4.69, 9.17) is 14.2 Å². The summed E-state index contributed by atoms with van der Waals surface area (Å²) >= 11 is 0. The molecule has 2 fully saturated rings. The van der Waals surface area contributed by atoms with E-state index < -0.39 is 17.7 Å². The number of ketones is 1. The summed E-state index contributed by atoms with van der Waals surface area (Å²) in [5.41, 5.74) is 1.68. The number of aliphatic hydroxyl groups is 1. The molecule has 4 rings (SSSR count). The molecule has 2 aromatic rings. The van der Waals surface area contributed by atoms with E-state index in [9.17, 15) is 19.8 Å². The second-order valence-corrected chi connectivity index (χ2v) is 8.56. The van der Waals surface area contributed by atoms with E-state index in [0.717, 1.165) is 13.1 Å². The Morgan fingerprint density at radius 2 is 1.80 bits per heavy atom. The van der Waals surface area contributed by atoms with Gasteiger partial charge in [-0.3, -0.25) is 14.5 Å². The highest BCUT2D eigenvalue weighted by Gasteiger charge is 2.46. The molecule has 0 unspecified atom stereocenters. The first-order valence-electron chi connectivity index (χ1n) is 11.5. The molecular formula is C26H30N2O7. The number of methoxy groups -OCH3 is 2. The Labute approximate surface area is 204 Å². The zero-order valence-electron chi connectivity index (χ0n) is 20.1. The molecule has 2 aliphatic rings. The van der Waals surface area contributed by atoms with E-state index in [0.29, 0.717) is 42.2 Å². The van der Waals surface area contributed by atoms with Gasteiger partial charge in [-0.1, -0.05) is 6.07 Å². The summed E-state index contributed by atoms with van der Waals surface area (Å²) in [5.74, 6) is -0.923. The average Bonchev–Trinajstić information content (AvgIpc) is 3.12. The first-order valence-corrected chi connectivity index (χ1v) is 11.5. The normalized spacial score (nSPS) is 20.3. The molecule has 9 heteroatoms. The molecular weight excluding hydrogens is 452 g/mol. The third-order valence-corrected chi connectivity index (χ3v) is 6.51. The molecule has 2 heterocycles. The number of phenols is 1. The van der Waals surface area contributed by atoms with Crippen molar-refractivity contribution in [3.63, 3.8) is 0 Å². The number of hydrogen-bond donors (Lipinski definition) is 2. The Morgan fingerprint density at radius 1 is 1.06 bits per heavy atom. The number of hydrogen-bond acceptors (Lipinski definition) is 8. The van der Waals surface area contributed by atoms with Crippen LogP contribution in [0.1, 0.15) is 22.7 Å². The van der Waals surface area contributed by atoms with Gasteiger partial charge in [-0.2, -0.15) is 0 Å². The molecule has 0 bridgehead atoms. The number of morpholine rings is 1. The number of nitrogens with zero attached hydrogens (tertiary/aromatic N) is 2. The second kappa shape index (κ2) is 10.4. The van der Waals surface area contributed by atoms with Gasteiger partial charge in [0.05, 0.1) is 39.0 Å². The summed E-state index contributed by atoms with van der Waals surface area (Å²) in [6.45, 7) is 5.37. The van der Waals surface area contributed by atoms with Crippen LogP contribution in [0.15, 0.2) is 42.0 Å². The quantitative estimate of drug-likeness (QED) is 0.352. The van der Waals surface area contributed by atoms with Gasteiger partial charge >= 0.3 is 0 Å². The molecule has 0 aliphatic carbocycles. The van der Waals surface area contributed by atoms with Crippen molar-refractivity contribution in [1.82, 2.24) is 9.80 Å². The van der Waals surface area contributed by atoms with E-state index in [1.165, 1.54) is 18.1 Å². The molecule has 2 N–H and O–H groups in total. The van der Waals surface area contributed by atoms with Crippen LogP contribution in [0.2, 0.25) is 0 Å². The fourth-order valence-electron chi connectivity index (χ4n) is 4.57. The predicted octanol–water partition coefficient (Wildman–Crippen LogP) is 2.47. The van der Waals surface area contributed by atoms with Crippen LogP contribution in [0.5, 0.6) is 17.2 Å². The van der Waals surface area contributed by atoms with Crippen molar-refractivity contribution in [2.45, 2.75) is 13.0 Å².